The van der Waals surface area contributed by atoms with E-state index in [0.717, 1.165) is 43.4 Å². The molecule has 1 heterocycles. The van der Waals surface area contributed by atoms with Crippen LogP contribution in [0.15, 0.2) is 36.9 Å². The number of carbonyl (C=O) groups excluding carboxylic acids is 1. The number of nitrogens with one attached hydrogen (secondary N) is 1. The van der Waals surface area contributed by atoms with Crippen LogP contribution in [-0.2, 0) is 16.9 Å². The van der Waals surface area contributed by atoms with Gasteiger partial charge in [0.15, 0.2) is 0 Å². The van der Waals surface area contributed by atoms with Crippen LogP contribution in [0.3, 0.4) is 0 Å². The van der Waals surface area contributed by atoms with Gasteiger partial charge in [-0.3, -0.25) is 4.79 Å². The molecule has 1 aromatic carbocycles. The summed E-state index contributed by atoms with van der Waals surface area (Å²) >= 11 is 0. The van der Waals surface area contributed by atoms with Crippen LogP contribution < -0.4 is 10.1 Å². The molecule has 1 N–H and O–H groups in total. The maximum atomic E-state index is 13.5. The molecule has 4 fully saturated rings. The zero-order chi connectivity index (χ0) is 19.2. The Labute approximate surface area is 165 Å². The zero-order valence-electron chi connectivity index (χ0n) is 16.4. The third-order valence-corrected chi connectivity index (χ3v) is 7.13. The van der Waals surface area contributed by atoms with E-state index in [4.69, 9.17) is 4.74 Å². The van der Waals surface area contributed by atoms with E-state index in [1.807, 2.05) is 37.5 Å². The summed E-state index contributed by atoms with van der Waals surface area (Å²) in [5.41, 5.74) is 0.742. The molecule has 6 rings (SSSR count). The lowest BCUT2D eigenvalue weighted by molar-refractivity contribution is -0.156. The molecule has 4 bridgehead atoms. The Morgan fingerprint density at radius 1 is 1.25 bits per heavy atom. The highest BCUT2D eigenvalue weighted by Crippen LogP contribution is 2.64. The lowest BCUT2D eigenvalue weighted by Crippen LogP contribution is -2.61. The second kappa shape index (κ2) is 6.61. The minimum Gasteiger partial charge on any atom is -0.494 e. The minimum atomic E-state index is -0.267. The number of benzene rings is 1. The molecule has 0 spiro atoms. The van der Waals surface area contributed by atoms with E-state index in [0.29, 0.717) is 25.0 Å². The predicted octanol–water partition coefficient (Wildman–Crippen LogP) is 3.29. The quantitative estimate of drug-likeness (QED) is 0.835. The van der Waals surface area contributed by atoms with Crippen LogP contribution in [0.25, 0.3) is 0 Å². The largest absolute Gasteiger partial charge is 0.494 e. The number of ether oxygens (including phenoxy) is 1. The number of nitrogens with zero attached hydrogens (tertiary/aromatic N) is 3. The van der Waals surface area contributed by atoms with Gasteiger partial charge in [-0.05, 0) is 63.4 Å². The Hall–Kier alpha value is -2.37. The summed E-state index contributed by atoms with van der Waals surface area (Å²) in [6.07, 6.45) is 9.91. The maximum Gasteiger partial charge on any atom is 0.226 e. The van der Waals surface area contributed by atoms with Crippen molar-refractivity contribution in [3.8, 4) is 5.75 Å². The van der Waals surface area contributed by atoms with Crippen LogP contribution in [0, 0.1) is 17.3 Å². The van der Waals surface area contributed by atoms with E-state index in [2.05, 4.69) is 20.1 Å². The second-order valence-electron chi connectivity index (χ2n) is 9.03. The fourth-order valence-corrected chi connectivity index (χ4v) is 6.51. The summed E-state index contributed by atoms with van der Waals surface area (Å²) in [5, 5.41) is 7.73. The van der Waals surface area contributed by atoms with E-state index < -0.39 is 0 Å². The average Bonchev–Trinajstić information content (AvgIpc) is 3.22. The van der Waals surface area contributed by atoms with Crippen molar-refractivity contribution in [1.29, 1.82) is 0 Å². The molecular formula is C22H28N4O2. The first kappa shape index (κ1) is 17.7. The van der Waals surface area contributed by atoms with Gasteiger partial charge >= 0.3 is 0 Å². The second-order valence-corrected chi connectivity index (χ2v) is 9.03. The lowest BCUT2D eigenvalue weighted by Gasteiger charge is -2.60. The summed E-state index contributed by atoms with van der Waals surface area (Å²) in [6, 6.07) is 7.96. The smallest absolute Gasteiger partial charge is 0.226 e. The SMILES string of the molecule is CCOc1ccccc1CNC(=O)C12CC3CC(C1)CC(n1cncn1)(C3)C2. The molecule has 0 saturated heterocycles. The molecule has 2 aromatic rings. The van der Waals surface area contributed by atoms with Gasteiger partial charge in [-0.25, -0.2) is 9.67 Å². The third kappa shape index (κ3) is 2.81. The Morgan fingerprint density at radius 2 is 2.04 bits per heavy atom. The zero-order valence-corrected chi connectivity index (χ0v) is 16.4. The van der Waals surface area contributed by atoms with E-state index >= 15 is 0 Å². The first-order valence-corrected chi connectivity index (χ1v) is 10.5. The van der Waals surface area contributed by atoms with Gasteiger partial charge in [-0.1, -0.05) is 18.2 Å². The molecule has 28 heavy (non-hydrogen) atoms. The molecule has 4 aliphatic carbocycles. The van der Waals surface area contributed by atoms with Crippen LogP contribution in [0.2, 0.25) is 0 Å². The Kier molecular flexibility index (Phi) is 4.18. The van der Waals surface area contributed by atoms with Gasteiger partial charge in [0.2, 0.25) is 5.91 Å². The Morgan fingerprint density at radius 3 is 2.75 bits per heavy atom. The molecule has 148 valence electrons. The predicted molar refractivity (Wildman–Crippen MR) is 105 cm³/mol. The molecule has 1 amide bonds. The summed E-state index contributed by atoms with van der Waals surface area (Å²) in [5.74, 6) is 2.30. The minimum absolute atomic E-state index is 0.0266. The van der Waals surface area contributed by atoms with Crippen LogP contribution in [0.4, 0.5) is 0 Å². The van der Waals surface area contributed by atoms with Crippen LogP contribution in [-0.4, -0.2) is 27.3 Å². The molecule has 0 radical (unpaired) electrons. The normalized spacial score (nSPS) is 33.0. The van der Waals surface area contributed by atoms with Gasteiger partial charge < -0.3 is 10.1 Å². The van der Waals surface area contributed by atoms with Crippen molar-refractivity contribution in [2.24, 2.45) is 17.3 Å². The van der Waals surface area contributed by atoms with E-state index in [-0.39, 0.29) is 16.9 Å². The summed E-state index contributed by atoms with van der Waals surface area (Å²) in [6.45, 7) is 3.12. The number of amides is 1. The monoisotopic (exact) mass is 380 g/mol. The number of carbonyl (C=O) groups is 1. The molecule has 2 atom stereocenters. The van der Waals surface area contributed by atoms with Crippen molar-refractivity contribution in [3.63, 3.8) is 0 Å². The highest BCUT2D eigenvalue weighted by molar-refractivity contribution is 5.83. The summed E-state index contributed by atoms with van der Waals surface area (Å²) in [7, 11) is 0. The molecule has 2 unspecified atom stereocenters. The highest BCUT2D eigenvalue weighted by Gasteiger charge is 2.61. The van der Waals surface area contributed by atoms with E-state index in [1.165, 1.54) is 6.42 Å². The topological polar surface area (TPSA) is 69.0 Å². The standard InChI is InChI=1S/C22H28N4O2/c1-2-28-19-6-4-3-5-18(19)12-24-20(27)21-8-16-7-17(9-21)11-22(10-16,13-21)26-15-23-14-25-26/h3-6,14-17H,2,7-13H2,1H3,(H,24,27). The van der Waals surface area contributed by atoms with E-state index in [1.54, 1.807) is 6.33 Å². The van der Waals surface area contributed by atoms with Crippen molar-refractivity contribution in [2.75, 3.05) is 6.61 Å². The average molecular weight is 380 g/mol. The van der Waals surface area contributed by atoms with Crippen molar-refractivity contribution in [3.05, 3.63) is 42.5 Å². The molecule has 0 aliphatic heterocycles. The Balaban J connectivity index is 1.37. The number of para-hydroxylation sites is 1. The van der Waals surface area contributed by atoms with Gasteiger partial charge in [0.05, 0.1) is 17.6 Å². The molecule has 1 aromatic heterocycles. The molecular weight excluding hydrogens is 352 g/mol. The third-order valence-electron chi connectivity index (χ3n) is 7.13. The van der Waals surface area contributed by atoms with Gasteiger partial charge in [0, 0.05) is 12.1 Å². The summed E-state index contributed by atoms with van der Waals surface area (Å²) in [4.78, 5) is 17.6. The van der Waals surface area contributed by atoms with Gasteiger partial charge in [-0.2, -0.15) is 5.10 Å². The molecule has 4 saturated carbocycles. The van der Waals surface area contributed by atoms with Crippen molar-refractivity contribution in [2.45, 2.75) is 57.5 Å². The van der Waals surface area contributed by atoms with Gasteiger partial charge in [0.25, 0.3) is 0 Å². The van der Waals surface area contributed by atoms with Gasteiger partial charge in [-0.15, -0.1) is 0 Å². The maximum absolute atomic E-state index is 13.5. The van der Waals surface area contributed by atoms with Crippen molar-refractivity contribution in [1.82, 2.24) is 20.1 Å². The lowest BCUT2D eigenvalue weighted by atomic mass is 9.46. The highest BCUT2D eigenvalue weighted by atomic mass is 16.5. The first-order valence-electron chi connectivity index (χ1n) is 10.5. The first-order chi connectivity index (χ1) is 13.6. The van der Waals surface area contributed by atoms with Crippen LogP contribution >= 0.6 is 0 Å². The van der Waals surface area contributed by atoms with Crippen LogP contribution in [0.5, 0.6) is 5.75 Å². The fraction of sp³-hybridized carbons (Fsp3) is 0.591. The molecule has 6 nitrogen and oxygen atoms in total. The van der Waals surface area contributed by atoms with Crippen molar-refractivity contribution >= 4 is 5.91 Å². The molecule has 6 heteroatoms. The molecule has 4 aliphatic rings. The number of aromatic nitrogens is 3. The van der Waals surface area contributed by atoms with E-state index in [9.17, 15) is 4.79 Å². The van der Waals surface area contributed by atoms with Crippen molar-refractivity contribution < 1.29 is 9.53 Å². The number of hydrogen-bond acceptors (Lipinski definition) is 4. The number of rotatable bonds is 6. The van der Waals surface area contributed by atoms with Gasteiger partial charge in [0.1, 0.15) is 18.4 Å². The summed E-state index contributed by atoms with van der Waals surface area (Å²) < 4.78 is 7.77. The fourth-order valence-electron chi connectivity index (χ4n) is 6.51. The Bertz CT molecular complexity index is 849. The number of hydrogen-bond donors (Lipinski definition) is 1. The van der Waals surface area contributed by atoms with Crippen LogP contribution in [0.1, 0.15) is 51.0 Å².